The number of amides is 2. The van der Waals surface area contributed by atoms with Gasteiger partial charge in [-0.05, 0) is 23.4 Å². The normalized spacial score (nSPS) is 9.88. The zero-order chi connectivity index (χ0) is 16.5. The highest BCUT2D eigenvalue weighted by molar-refractivity contribution is 7.12. The van der Waals surface area contributed by atoms with Crippen LogP contribution in [0.2, 0.25) is 0 Å². The Morgan fingerprint density at radius 1 is 1.08 bits per heavy atom. The number of thiophene rings is 1. The molecule has 0 fully saturated rings. The van der Waals surface area contributed by atoms with Crippen LogP contribution in [0, 0.1) is 0 Å². The van der Waals surface area contributed by atoms with Crippen LogP contribution in [0.25, 0.3) is 0 Å². The van der Waals surface area contributed by atoms with Gasteiger partial charge in [0.25, 0.3) is 5.91 Å². The van der Waals surface area contributed by atoms with Crippen molar-refractivity contribution in [3.63, 3.8) is 0 Å². The molecule has 1 aromatic heterocycles. The first-order chi connectivity index (χ1) is 11.2. The van der Waals surface area contributed by atoms with E-state index in [1.54, 1.807) is 11.0 Å². The van der Waals surface area contributed by atoms with Crippen LogP contribution in [0.5, 0.6) is 0 Å². The van der Waals surface area contributed by atoms with Gasteiger partial charge < -0.3 is 16.0 Å². The van der Waals surface area contributed by atoms with Crippen LogP contribution in [0.3, 0.4) is 0 Å². The molecule has 7 heteroatoms. The van der Waals surface area contributed by atoms with Gasteiger partial charge in [-0.15, -0.1) is 23.7 Å². The minimum Gasteiger partial charge on any atom is -0.342 e. The molecule has 1 heterocycles. The maximum atomic E-state index is 12.3. The molecule has 2 rings (SSSR count). The van der Waals surface area contributed by atoms with Crippen LogP contribution >= 0.6 is 23.7 Å². The van der Waals surface area contributed by atoms with Crippen LogP contribution in [0.4, 0.5) is 0 Å². The van der Waals surface area contributed by atoms with Crippen molar-refractivity contribution in [2.45, 2.75) is 6.42 Å². The fraction of sp³-hybridized carbons (Fsp3) is 0.294. The minimum absolute atomic E-state index is 0. The molecule has 0 aliphatic heterocycles. The molecule has 0 radical (unpaired) electrons. The molecule has 0 bridgehead atoms. The summed E-state index contributed by atoms with van der Waals surface area (Å²) in [7, 11) is 0. The molecule has 0 aliphatic rings. The van der Waals surface area contributed by atoms with Crippen LogP contribution < -0.4 is 11.1 Å². The molecule has 3 N–H and O–H groups in total. The van der Waals surface area contributed by atoms with Gasteiger partial charge in [-0.25, -0.2) is 0 Å². The summed E-state index contributed by atoms with van der Waals surface area (Å²) in [6.45, 7) is 1.47. The number of halogens is 1. The van der Waals surface area contributed by atoms with Gasteiger partial charge in [0, 0.05) is 19.6 Å². The SMILES string of the molecule is Cl.NCCN(CCc1ccccc1)C(=O)CNC(=O)c1cccs1. The van der Waals surface area contributed by atoms with E-state index >= 15 is 0 Å². The predicted octanol–water partition coefficient (Wildman–Crippen LogP) is 1.93. The maximum Gasteiger partial charge on any atom is 0.261 e. The number of nitrogens with two attached hydrogens (primary N) is 1. The van der Waals surface area contributed by atoms with E-state index in [4.69, 9.17) is 5.73 Å². The highest BCUT2D eigenvalue weighted by atomic mass is 35.5. The molecule has 130 valence electrons. The quantitative estimate of drug-likeness (QED) is 0.748. The molecule has 5 nitrogen and oxygen atoms in total. The number of hydrogen-bond donors (Lipinski definition) is 2. The number of nitrogens with one attached hydrogen (secondary N) is 1. The van der Waals surface area contributed by atoms with E-state index in [0.29, 0.717) is 24.5 Å². The number of nitrogens with zero attached hydrogens (tertiary/aromatic N) is 1. The highest BCUT2D eigenvalue weighted by Gasteiger charge is 2.14. The molecule has 0 saturated heterocycles. The smallest absolute Gasteiger partial charge is 0.261 e. The van der Waals surface area contributed by atoms with Gasteiger partial charge in [0.2, 0.25) is 5.91 Å². The van der Waals surface area contributed by atoms with E-state index in [2.05, 4.69) is 5.32 Å². The standard InChI is InChI=1S/C17H21N3O2S.ClH/c18-9-11-20(10-8-14-5-2-1-3-6-14)16(21)13-19-17(22)15-7-4-12-23-15;/h1-7,12H,8-11,13,18H2,(H,19,22);1H. The van der Waals surface area contributed by atoms with E-state index in [9.17, 15) is 9.59 Å². The monoisotopic (exact) mass is 367 g/mol. The Balaban J connectivity index is 0.00000288. The predicted molar refractivity (Wildman–Crippen MR) is 99.7 cm³/mol. The summed E-state index contributed by atoms with van der Waals surface area (Å²) in [6.07, 6.45) is 0.769. The van der Waals surface area contributed by atoms with Gasteiger partial charge >= 0.3 is 0 Å². The molecule has 0 unspecified atom stereocenters. The van der Waals surface area contributed by atoms with Crippen molar-refractivity contribution in [3.8, 4) is 0 Å². The molecule has 2 amide bonds. The van der Waals surface area contributed by atoms with Crippen molar-refractivity contribution < 1.29 is 9.59 Å². The average molecular weight is 368 g/mol. The second-order valence-electron chi connectivity index (χ2n) is 5.07. The van der Waals surface area contributed by atoms with Gasteiger partial charge in [0.05, 0.1) is 11.4 Å². The average Bonchev–Trinajstić information content (AvgIpc) is 3.11. The van der Waals surface area contributed by atoms with Crippen molar-refractivity contribution in [2.75, 3.05) is 26.2 Å². The van der Waals surface area contributed by atoms with Gasteiger partial charge in [-0.1, -0.05) is 36.4 Å². The minimum atomic E-state index is -0.218. The summed E-state index contributed by atoms with van der Waals surface area (Å²) in [5.74, 6) is -0.333. The molecule has 2 aromatic rings. The lowest BCUT2D eigenvalue weighted by Gasteiger charge is -2.22. The van der Waals surface area contributed by atoms with Crippen LogP contribution in [0.1, 0.15) is 15.2 Å². The van der Waals surface area contributed by atoms with Crippen LogP contribution in [0.15, 0.2) is 47.8 Å². The third-order valence-electron chi connectivity index (χ3n) is 3.41. The van der Waals surface area contributed by atoms with Crippen molar-refractivity contribution in [1.29, 1.82) is 0 Å². The Kier molecular flexibility index (Phi) is 9.07. The third kappa shape index (κ3) is 6.31. The second kappa shape index (κ2) is 10.8. The molecular formula is C17H22ClN3O2S. The number of rotatable bonds is 8. The Hall–Kier alpha value is -1.89. The molecule has 0 saturated carbocycles. The van der Waals surface area contributed by atoms with E-state index in [0.717, 1.165) is 6.42 Å². The van der Waals surface area contributed by atoms with E-state index < -0.39 is 0 Å². The van der Waals surface area contributed by atoms with E-state index in [1.807, 2.05) is 41.8 Å². The van der Waals surface area contributed by atoms with Crippen molar-refractivity contribution in [2.24, 2.45) is 5.73 Å². The summed E-state index contributed by atoms with van der Waals surface area (Å²) in [4.78, 5) is 26.5. The Morgan fingerprint density at radius 2 is 1.83 bits per heavy atom. The Labute approximate surface area is 152 Å². The second-order valence-corrected chi connectivity index (χ2v) is 6.01. The summed E-state index contributed by atoms with van der Waals surface area (Å²) in [6, 6.07) is 13.5. The first kappa shape index (κ1) is 20.2. The van der Waals surface area contributed by atoms with Crippen molar-refractivity contribution in [1.82, 2.24) is 10.2 Å². The Bertz CT molecular complexity index is 620. The molecule has 0 spiro atoms. The van der Waals surface area contributed by atoms with Gasteiger partial charge in [-0.3, -0.25) is 9.59 Å². The molecule has 24 heavy (non-hydrogen) atoms. The lowest BCUT2D eigenvalue weighted by Crippen LogP contribution is -2.43. The third-order valence-corrected chi connectivity index (χ3v) is 4.28. The van der Waals surface area contributed by atoms with Crippen molar-refractivity contribution in [3.05, 3.63) is 58.3 Å². The number of carbonyl (C=O) groups excluding carboxylic acids is 2. The number of carbonyl (C=O) groups is 2. The fourth-order valence-corrected chi connectivity index (χ4v) is 2.83. The topological polar surface area (TPSA) is 75.4 Å². The summed E-state index contributed by atoms with van der Waals surface area (Å²) in [5, 5.41) is 4.49. The van der Waals surface area contributed by atoms with Crippen molar-refractivity contribution >= 4 is 35.6 Å². The van der Waals surface area contributed by atoms with Gasteiger partial charge in [0.1, 0.15) is 0 Å². The number of benzene rings is 1. The van der Waals surface area contributed by atoms with E-state index in [1.165, 1.54) is 16.9 Å². The first-order valence-electron chi connectivity index (χ1n) is 7.54. The largest absolute Gasteiger partial charge is 0.342 e. The highest BCUT2D eigenvalue weighted by Crippen LogP contribution is 2.07. The summed E-state index contributed by atoms with van der Waals surface area (Å²) < 4.78 is 0. The molecule has 0 atom stereocenters. The molecular weight excluding hydrogens is 346 g/mol. The van der Waals surface area contributed by atoms with Crippen LogP contribution in [-0.2, 0) is 11.2 Å². The molecule has 0 aliphatic carbocycles. The zero-order valence-electron chi connectivity index (χ0n) is 13.3. The van der Waals surface area contributed by atoms with E-state index in [-0.39, 0.29) is 30.8 Å². The summed E-state index contributed by atoms with van der Waals surface area (Å²) >= 11 is 1.35. The lowest BCUT2D eigenvalue weighted by molar-refractivity contribution is -0.130. The zero-order valence-corrected chi connectivity index (χ0v) is 14.9. The van der Waals surface area contributed by atoms with Gasteiger partial charge in [0.15, 0.2) is 0 Å². The lowest BCUT2D eigenvalue weighted by atomic mass is 10.1. The Morgan fingerprint density at radius 3 is 2.46 bits per heavy atom. The molecule has 1 aromatic carbocycles. The summed E-state index contributed by atoms with van der Waals surface area (Å²) in [5.41, 5.74) is 6.76. The van der Waals surface area contributed by atoms with Gasteiger partial charge in [-0.2, -0.15) is 0 Å². The van der Waals surface area contributed by atoms with Crippen LogP contribution in [-0.4, -0.2) is 42.9 Å². The first-order valence-corrected chi connectivity index (χ1v) is 8.42. The number of hydrogen-bond acceptors (Lipinski definition) is 4. The maximum absolute atomic E-state index is 12.3. The fourth-order valence-electron chi connectivity index (χ4n) is 2.19.